The number of thiophene rings is 1. The summed E-state index contributed by atoms with van der Waals surface area (Å²) < 4.78 is 1.33. The van der Waals surface area contributed by atoms with Gasteiger partial charge in [0.05, 0.1) is 16.8 Å². The van der Waals surface area contributed by atoms with Gasteiger partial charge in [0.2, 0.25) is 0 Å². The van der Waals surface area contributed by atoms with Gasteiger partial charge >= 0.3 is 0 Å². The molecule has 10 aromatic rings. The Morgan fingerprint density at radius 3 is 1.53 bits per heavy atom. The standard InChI is InChI=1S/C55H34N2S/c1-3-14-35(15-4-1)36-26-32-40(33-27-36)54-56-48(38-16-5-2-6-17-38)34-49(57-54)39-30-28-37(29-31-39)41-21-13-24-47-51(41)53-52(44-20-9-12-25-50(44)58-53)55(47)45-22-10-7-18-42(45)43-19-8-11-23-46(43)55/h1-34H. The van der Waals surface area contributed by atoms with E-state index in [9.17, 15) is 0 Å². The fraction of sp³-hybridized carbons (Fsp3) is 0.0182. The molecule has 270 valence electrons. The molecule has 1 spiro atoms. The number of hydrogen-bond acceptors (Lipinski definition) is 3. The van der Waals surface area contributed by atoms with Gasteiger partial charge in [0.1, 0.15) is 0 Å². The Kier molecular flexibility index (Phi) is 7.35. The minimum absolute atomic E-state index is 0.391. The van der Waals surface area contributed by atoms with E-state index < -0.39 is 5.41 Å². The van der Waals surface area contributed by atoms with Crippen LogP contribution in [-0.2, 0) is 5.41 Å². The second-order valence-corrected chi connectivity index (χ2v) is 16.3. The third kappa shape index (κ3) is 4.84. The van der Waals surface area contributed by atoms with Crippen LogP contribution in [0.25, 0.3) is 87.8 Å². The summed E-state index contributed by atoms with van der Waals surface area (Å²) in [6.07, 6.45) is 0. The largest absolute Gasteiger partial charge is 0.228 e. The van der Waals surface area contributed by atoms with Crippen molar-refractivity contribution >= 4 is 21.4 Å². The van der Waals surface area contributed by atoms with Gasteiger partial charge in [-0.2, -0.15) is 0 Å². The van der Waals surface area contributed by atoms with Gasteiger partial charge < -0.3 is 0 Å². The molecule has 3 heteroatoms. The summed E-state index contributed by atoms with van der Waals surface area (Å²) in [5, 5.41) is 1.34. The number of nitrogens with zero attached hydrogens (tertiary/aromatic N) is 2. The third-order valence-electron chi connectivity index (χ3n) is 12.2. The van der Waals surface area contributed by atoms with Gasteiger partial charge in [0.15, 0.2) is 5.82 Å². The van der Waals surface area contributed by atoms with Crippen molar-refractivity contribution in [2.24, 2.45) is 0 Å². The first-order valence-electron chi connectivity index (χ1n) is 19.8. The van der Waals surface area contributed by atoms with Gasteiger partial charge in [0, 0.05) is 31.8 Å². The Morgan fingerprint density at radius 1 is 0.362 bits per heavy atom. The van der Waals surface area contributed by atoms with Crippen LogP contribution in [0.3, 0.4) is 0 Å². The van der Waals surface area contributed by atoms with Crippen LogP contribution < -0.4 is 0 Å². The van der Waals surface area contributed by atoms with E-state index in [-0.39, 0.29) is 0 Å². The first kappa shape index (κ1) is 33.0. The number of fused-ring (bicyclic) bond motifs is 12. The van der Waals surface area contributed by atoms with Gasteiger partial charge in [-0.1, -0.05) is 194 Å². The van der Waals surface area contributed by atoms with Gasteiger partial charge in [0.25, 0.3) is 0 Å². The predicted molar refractivity (Wildman–Crippen MR) is 241 cm³/mol. The molecule has 0 aliphatic heterocycles. The van der Waals surface area contributed by atoms with E-state index >= 15 is 0 Å². The van der Waals surface area contributed by atoms with Crippen LogP contribution in [0, 0.1) is 0 Å². The molecular weight excluding hydrogens is 721 g/mol. The first-order chi connectivity index (χ1) is 28.8. The van der Waals surface area contributed by atoms with E-state index in [1.165, 1.54) is 76.2 Å². The van der Waals surface area contributed by atoms with Crippen molar-refractivity contribution in [3.63, 3.8) is 0 Å². The SMILES string of the molecule is c1ccc(-c2ccc(-c3nc(-c4ccccc4)cc(-c4ccc(-c5cccc6c5-c5sc7ccccc7c5C65c6ccccc6-c6ccccc65)cc4)n3)cc2)cc1. The Morgan fingerprint density at radius 2 is 0.845 bits per heavy atom. The number of hydrogen-bond donors (Lipinski definition) is 0. The summed E-state index contributed by atoms with van der Waals surface area (Å²) >= 11 is 1.93. The van der Waals surface area contributed by atoms with E-state index in [1.807, 2.05) is 23.5 Å². The Balaban J connectivity index is 1.00. The molecular formula is C55H34N2S. The van der Waals surface area contributed by atoms with Gasteiger partial charge in [-0.25, -0.2) is 9.97 Å². The molecule has 8 aromatic carbocycles. The molecule has 2 aromatic heterocycles. The molecule has 0 N–H and O–H groups in total. The molecule has 2 heterocycles. The molecule has 0 unspecified atom stereocenters. The number of rotatable bonds is 5. The van der Waals surface area contributed by atoms with Crippen molar-refractivity contribution in [1.82, 2.24) is 9.97 Å². The van der Waals surface area contributed by atoms with Crippen LogP contribution in [0.15, 0.2) is 206 Å². The molecule has 58 heavy (non-hydrogen) atoms. The summed E-state index contributed by atoms with van der Waals surface area (Å²) in [4.78, 5) is 11.7. The van der Waals surface area contributed by atoms with Gasteiger partial charge in [-0.15, -0.1) is 11.3 Å². The lowest BCUT2D eigenvalue weighted by Gasteiger charge is -2.30. The molecule has 0 atom stereocenters. The zero-order valence-corrected chi connectivity index (χ0v) is 32.2. The molecule has 2 aliphatic carbocycles. The lowest BCUT2D eigenvalue weighted by atomic mass is 9.70. The smallest absolute Gasteiger partial charge is 0.160 e. The summed E-state index contributed by atoms with van der Waals surface area (Å²) in [6.45, 7) is 0. The summed E-state index contributed by atoms with van der Waals surface area (Å²) in [6, 6.07) is 74.6. The maximum absolute atomic E-state index is 5.20. The molecule has 12 rings (SSSR count). The van der Waals surface area contributed by atoms with E-state index in [0.29, 0.717) is 5.82 Å². The van der Waals surface area contributed by atoms with Crippen molar-refractivity contribution in [1.29, 1.82) is 0 Å². The van der Waals surface area contributed by atoms with Crippen LogP contribution in [-0.4, -0.2) is 9.97 Å². The molecule has 0 fully saturated rings. The van der Waals surface area contributed by atoms with E-state index in [1.54, 1.807) is 0 Å². The predicted octanol–water partition coefficient (Wildman–Crippen LogP) is 14.4. The van der Waals surface area contributed by atoms with Gasteiger partial charge in [-0.05, 0) is 73.2 Å². The van der Waals surface area contributed by atoms with E-state index in [2.05, 4.69) is 194 Å². The fourth-order valence-electron chi connectivity index (χ4n) is 9.62. The van der Waals surface area contributed by atoms with E-state index in [0.717, 1.165) is 28.1 Å². The average Bonchev–Trinajstić information content (AvgIpc) is 3.93. The normalized spacial score (nSPS) is 13.0. The molecule has 0 bridgehead atoms. The van der Waals surface area contributed by atoms with Crippen molar-refractivity contribution in [3.8, 4) is 77.7 Å². The monoisotopic (exact) mass is 754 g/mol. The Hall–Kier alpha value is -7.20. The summed E-state index contributed by atoms with van der Waals surface area (Å²) in [5.41, 5.74) is 18.8. The summed E-state index contributed by atoms with van der Waals surface area (Å²) in [5.74, 6) is 0.709. The zero-order chi connectivity index (χ0) is 38.2. The second kappa shape index (κ2) is 12.9. The minimum Gasteiger partial charge on any atom is -0.228 e. The minimum atomic E-state index is -0.391. The molecule has 0 saturated carbocycles. The summed E-state index contributed by atoms with van der Waals surface area (Å²) in [7, 11) is 0. The molecule has 0 saturated heterocycles. The first-order valence-corrected chi connectivity index (χ1v) is 20.6. The van der Waals surface area contributed by atoms with Crippen LogP contribution in [0.1, 0.15) is 22.3 Å². The zero-order valence-electron chi connectivity index (χ0n) is 31.4. The van der Waals surface area contributed by atoms with Crippen LogP contribution in [0.5, 0.6) is 0 Å². The Bertz CT molecular complexity index is 3150. The molecule has 2 nitrogen and oxygen atoms in total. The van der Waals surface area contributed by atoms with Crippen molar-refractivity contribution in [2.75, 3.05) is 0 Å². The van der Waals surface area contributed by atoms with Crippen molar-refractivity contribution in [2.45, 2.75) is 5.41 Å². The number of benzene rings is 8. The highest BCUT2D eigenvalue weighted by Gasteiger charge is 2.53. The number of aromatic nitrogens is 2. The van der Waals surface area contributed by atoms with E-state index in [4.69, 9.17) is 9.97 Å². The molecule has 0 amide bonds. The highest BCUT2D eigenvalue weighted by atomic mass is 32.1. The molecule has 2 aliphatic rings. The Labute approximate surface area is 341 Å². The lowest BCUT2D eigenvalue weighted by molar-refractivity contribution is 0.803. The quantitative estimate of drug-likeness (QED) is 0.175. The third-order valence-corrected chi connectivity index (χ3v) is 13.3. The average molecular weight is 755 g/mol. The molecule has 0 radical (unpaired) electrons. The second-order valence-electron chi connectivity index (χ2n) is 15.2. The van der Waals surface area contributed by atoms with Crippen molar-refractivity contribution in [3.05, 3.63) is 229 Å². The fourth-order valence-corrected chi connectivity index (χ4v) is 11.0. The topological polar surface area (TPSA) is 25.8 Å². The van der Waals surface area contributed by atoms with Crippen LogP contribution >= 0.6 is 11.3 Å². The maximum Gasteiger partial charge on any atom is 0.160 e. The lowest BCUT2D eigenvalue weighted by Crippen LogP contribution is -2.25. The highest BCUT2D eigenvalue weighted by Crippen LogP contribution is 2.67. The highest BCUT2D eigenvalue weighted by molar-refractivity contribution is 7.22. The van der Waals surface area contributed by atoms with Crippen LogP contribution in [0.2, 0.25) is 0 Å². The van der Waals surface area contributed by atoms with Crippen LogP contribution in [0.4, 0.5) is 0 Å². The van der Waals surface area contributed by atoms with Crippen molar-refractivity contribution < 1.29 is 0 Å². The maximum atomic E-state index is 5.20. The van der Waals surface area contributed by atoms with Gasteiger partial charge in [-0.3, -0.25) is 0 Å².